The fourth-order valence-electron chi connectivity index (χ4n) is 3.55. The number of hydrogen-bond acceptors (Lipinski definition) is 2. The van der Waals surface area contributed by atoms with E-state index in [4.69, 9.17) is 0 Å². The normalized spacial score (nSPS) is 12.0. The van der Waals surface area contributed by atoms with E-state index in [-0.39, 0.29) is 6.42 Å². The van der Waals surface area contributed by atoms with Crippen molar-refractivity contribution in [3.63, 3.8) is 0 Å². The Hall–Kier alpha value is -3.73. The summed E-state index contributed by atoms with van der Waals surface area (Å²) in [6.45, 7) is 0. The molecule has 1 amide bonds. The van der Waals surface area contributed by atoms with Crippen molar-refractivity contribution in [3.8, 4) is 0 Å². The summed E-state index contributed by atoms with van der Waals surface area (Å²) in [5.41, 5.74) is 1.07. The molecule has 144 valence electrons. The molecule has 0 saturated carbocycles. The van der Waals surface area contributed by atoms with E-state index >= 15 is 0 Å². The van der Waals surface area contributed by atoms with Gasteiger partial charge in [-0.25, -0.2) is 9.18 Å². The van der Waals surface area contributed by atoms with E-state index in [0.717, 1.165) is 21.5 Å². The highest BCUT2D eigenvalue weighted by atomic mass is 19.1. The maximum atomic E-state index is 13.2. The molecule has 0 radical (unpaired) electrons. The summed E-state index contributed by atoms with van der Waals surface area (Å²) in [7, 11) is 0. The lowest BCUT2D eigenvalue weighted by atomic mass is 9.96. The second kappa shape index (κ2) is 7.72. The molecule has 4 aromatic rings. The molecule has 5 heteroatoms. The second-order valence-corrected chi connectivity index (χ2v) is 6.89. The summed E-state index contributed by atoms with van der Waals surface area (Å²) >= 11 is 0. The lowest BCUT2D eigenvalue weighted by Crippen LogP contribution is -2.42. The average molecular weight is 387 g/mol. The molecule has 0 bridgehead atoms. The van der Waals surface area contributed by atoms with E-state index in [1.807, 2.05) is 54.6 Å². The van der Waals surface area contributed by atoms with Crippen molar-refractivity contribution in [1.82, 2.24) is 5.32 Å². The molecule has 0 saturated heterocycles. The Labute approximate surface area is 166 Å². The summed E-state index contributed by atoms with van der Waals surface area (Å²) in [6, 6.07) is 21.5. The zero-order chi connectivity index (χ0) is 20.4. The minimum Gasteiger partial charge on any atom is -0.480 e. The highest BCUT2D eigenvalue weighted by molar-refractivity contribution is 6.18. The van der Waals surface area contributed by atoms with Crippen LogP contribution in [-0.2, 0) is 11.2 Å². The van der Waals surface area contributed by atoms with Crippen molar-refractivity contribution in [2.45, 2.75) is 12.5 Å². The number of rotatable bonds is 5. The quantitative estimate of drug-likeness (QED) is 0.494. The van der Waals surface area contributed by atoms with E-state index in [1.54, 1.807) is 0 Å². The Morgan fingerprint density at radius 1 is 0.862 bits per heavy atom. The summed E-state index contributed by atoms with van der Waals surface area (Å²) in [5.74, 6) is -1.99. The van der Waals surface area contributed by atoms with Gasteiger partial charge in [-0.2, -0.15) is 0 Å². The van der Waals surface area contributed by atoms with Crippen molar-refractivity contribution in [1.29, 1.82) is 0 Å². The number of nitrogens with one attached hydrogen (secondary N) is 1. The molecule has 0 fully saturated rings. The molecule has 0 heterocycles. The molecule has 4 aromatic carbocycles. The number of aliphatic carboxylic acids is 1. The number of benzene rings is 4. The van der Waals surface area contributed by atoms with E-state index in [2.05, 4.69) is 5.32 Å². The number of carboxylic acid groups (broad SMARTS) is 1. The number of carbonyl (C=O) groups is 2. The van der Waals surface area contributed by atoms with Crippen molar-refractivity contribution in [3.05, 3.63) is 95.8 Å². The predicted molar refractivity (Wildman–Crippen MR) is 110 cm³/mol. The number of hydrogen-bond donors (Lipinski definition) is 2. The van der Waals surface area contributed by atoms with Crippen LogP contribution in [0.4, 0.5) is 4.39 Å². The second-order valence-electron chi connectivity index (χ2n) is 6.89. The van der Waals surface area contributed by atoms with Crippen LogP contribution in [0.25, 0.3) is 21.5 Å². The van der Waals surface area contributed by atoms with Gasteiger partial charge in [-0.1, -0.05) is 60.7 Å². The van der Waals surface area contributed by atoms with Crippen LogP contribution in [0.2, 0.25) is 0 Å². The van der Waals surface area contributed by atoms with E-state index in [0.29, 0.717) is 11.1 Å². The minimum atomic E-state index is -1.15. The first-order valence-corrected chi connectivity index (χ1v) is 9.21. The minimum absolute atomic E-state index is 0.0596. The first kappa shape index (κ1) is 18.6. The summed E-state index contributed by atoms with van der Waals surface area (Å²) in [5, 5.41) is 15.6. The van der Waals surface area contributed by atoms with Crippen LogP contribution in [0.3, 0.4) is 0 Å². The number of fused-ring (bicyclic) bond motifs is 2. The van der Waals surface area contributed by atoms with Gasteiger partial charge in [0, 0.05) is 6.42 Å². The first-order valence-electron chi connectivity index (χ1n) is 9.21. The third kappa shape index (κ3) is 3.80. The van der Waals surface area contributed by atoms with Gasteiger partial charge in [0.1, 0.15) is 11.9 Å². The summed E-state index contributed by atoms with van der Waals surface area (Å²) in [6.07, 6.45) is 0.0596. The zero-order valence-corrected chi connectivity index (χ0v) is 15.4. The van der Waals surface area contributed by atoms with Gasteiger partial charge in [0.2, 0.25) is 0 Å². The Morgan fingerprint density at radius 3 is 1.97 bits per heavy atom. The number of amides is 1. The number of carbonyl (C=O) groups excluding carboxylic acids is 1. The lowest BCUT2D eigenvalue weighted by molar-refractivity contribution is -0.139. The first-order chi connectivity index (χ1) is 14.0. The van der Waals surface area contributed by atoms with Gasteiger partial charge in [-0.15, -0.1) is 0 Å². The van der Waals surface area contributed by atoms with Gasteiger partial charge in [0.25, 0.3) is 5.91 Å². The van der Waals surface area contributed by atoms with Crippen LogP contribution >= 0.6 is 0 Å². The molecule has 4 nitrogen and oxygen atoms in total. The smallest absolute Gasteiger partial charge is 0.326 e. The maximum absolute atomic E-state index is 13.2. The molecule has 0 unspecified atom stereocenters. The molecule has 1 atom stereocenters. The van der Waals surface area contributed by atoms with Crippen LogP contribution in [0.5, 0.6) is 0 Å². The van der Waals surface area contributed by atoms with Crippen LogP contribution in [0, 0.1) is 5.82 Å². The van der Waals surface area contributed by atoms with Crippen LogP contribution in [-0.4, -0.2) is 23.0 Å². The Bertz CT molecular complexity index is 1160. The molecule has 4 rings (SSSR count). The van der Waals surface area contributed by atoms with Crippen LogP contribution in [0.15, 0.2) is 78.9 Å². The molecule has 0 aliphatic heterocycles. The Kier molecular flexibility index (Phi) is 4.96. The third-order valence-corrected chi connectivity index (χ3v) is 4.95. The van der Waals surface area contributed by atoms with Crippen molar-refractivity contribution >= 4 is 33.4 Å². The van der Waals surface area contributed by atoms with Crippen LogP contribution < -0.4 is 5.32 Å². The Morgan fingerprint density at radius 2 is 1.41 bits per heavy atom. The molecular weight excluding hydrogens is 369 g/mol. The van der Waals surface area contributed by atoms with Gasteiger partial charge in [0.15, 0.2) is 0 Å². The molecule has 29 heavy (non-hydrogen) atoms. The molecule has 2 N–H and O–H groups in total. The Balaban J connectivity index is 1.73. The molecule has 0 aromatic heterocycles. The zero-order valence-electron chi connectivity index (χ0n) is 15.4. The highest BCUT2D eigenvalue weighted by Gasteiger charge is 2.23. The average Bonchev–Trinajstić information content (AvgIpc) is 2.72. The fourth-order valence-corrected chi connectivity index (χ4v) is 3.55. The van der Waals surface area contributed by atoms with Crippen molar-refractivity contribution in [2.75, 3.05) is 0 Å². The topological polar surface area (TPSA) is 66.4 Å². The number of halogens is 1. The molecular formula is C24H18FNO3. The van der Waals surface area contributed by atoms with Gasteiger partial charge in [-0.3, -0.25) is 4.79 Å². The fraction of sp³-hybridized carbons (Fsp3) is 0.0833. The van der Waals surface area contributed by atoms with E-state index in [1.165, 1.54) is 24.3 Å². The third-order valence-electron chi connectivity index (χ3n) is 4.95. The lowest BCUT2D eigenvalue weighted by Gasteiger charge is -2.17. The number of carboxylic acids is 1. The van der Waals surface area contributed by atoms with Gasteiger partial charge >= 0.3 is 5.97 Å². The maximum Gasteiger partial charge on any atom is 0.326 e. The molecule has 0 aliphatic rings. The highest BCUT2D eigenvalue weighted by Crippen LogP contribution is 2.28. The predicted octanol–water partition coefficient (Wildman–Crippen LogP) is 4.56. The molecule has 0 aliphatic carbocycles. The largest absolute Gasteiger partial charge is 0.480 e. The van der Waals surface area contributed by atoms with E-state index < -0.39 is 23.7 Å². The monoisotopic (exact) mass is 387 g/mol. The van der Waals surface area contributed by atoms with Crippen molar-refractivity contribution < 1.29 is 19.1 Å². The van der Waals surface area contributed by atoms with Gasteiger partial charge in [0.05, 0.1) is 5.56 Å². The summed E-state index contributed by atoms with van der Waals surface area (Å²) < 4.78 is 13.1. The van der Waals surface area contributed by atoms with Gasteiger partial charge in [-0.05, 0) is 45.3 Å². The van der Waals surface area contributed by atoms with E-state index in [9.17, 15) is 19.1 Å². The van der Waals surface area contributed by atoms with Gasteiger partial charge < -0.3 is 10.4 Å². The molecule has 0 spiro atoms. The summed E-state index contributed by atoms with van der Waals surface area (Å²) in [4.78, 5) is 25.0. The van der Waals surface area contributed by atoms with Crippen molar-refractivity contribution in [2.24, 2.45) is 0 Å². The van der Waals surface area contributed by atoms with Crippen LogP contribution in [0.1, 0.15) is 15.9 Å². The SMILES string of the molecule is O=C(N[C@@H](Cc1ccc(F)cc1)C(=O)O)c1c2ccccc2cc2ccccc12. The standard InChI is InChI=1S/C24H18FNO3/c25-18-11-9-15(10-12-18)13-21(24(28)29)26-23(27)22-19-7-3-1-5-16(19)14-17-6-2-4-8-20(17)22/h1-12,14,21H,13H2,(H,26,27)(H,28,29)/t21-/m0/s1.